The summed E-state index contributed by atoms with van der Waals surface area (Å²) in [6.45, 7) is 5.23. The van der Waals surface area contributed by atoms with Crippen molar-refractivity contribution in [3.8, 4) is 5.75 Å². The Kier molecular flexibility index (Phi) is 6.16. The average molecular weight is 345 g/mol. The van der Waals surface area contributed by atoms with E-state index in [1.165, 1.54) is 13.8 Å². The fraction of sp³-hybridized carbons (Fsp3) is 0.500. The average Bonchev–Trinajstić information content (AvgIpc) is 2.49. The summed E-state index contributed by atoms with van der Waals surface area (Å²) >= 11 is 6.04. The third kappa shape index (κ3) is 4.02. The molecule has 0 amide bonds. The first-order valence-corrected chi connectivity index (χ1v) is 7.43. The lowest BCUT2D eigenvalue weighted by Gasteiger charge is -2.31. The van der Waals surface area contributed by atoms with Gasteiger partial charge in [-0.1, -0.05) is 11.6 Å². The molecule has 0 heterocycles. The van der Waals surface area contributed by atoms with Crippen molar-refractivity contribution in [2.45, 2.75) is 33.8 Å². The van der Waals surface area contributed by atoms with E-state index < -0.39 is 36.0 Å². The molecular weight excluding hydrogens is 324 g/mol. The Morgan fingerprint density at radius 3 is 2.17 bits per heavy atom. The molecule has 6 nitrogen and oxygen atoms in total. The first-order chi connectivity index (χ1) is 10.5. The topological polar surface area (TPSA) is 104 Å². The number of hydrogen-bond donors (Lipinski definition) is 3. The van der Waals surface area contributed by atoms with Gasteiger partial charge in [-0.25, -0.2) is 0 Å². The lowest BCUT2D eigenvalue weighted by atomic mass is 9.79. The summed E-state index contributed by atoms with van der Waals surface area (Å²) in [6, 6.07) is 3.16. The number of aryl methyl sites for hydroxylation is 2. The molecule has 0 aromatic heterocycles. The molecule has 0 saturated heterocycles. The monoisotopic (exact) mass is 344 g/mol. The summed E-state index contributed by atoms with van der Waals surface area (Å²) in [5.74, 6) is -3.07. The van der Waals surface area contributed by atoms with Gasteiger partial charge in [0.25, 0.3) is 0 Å². The summed E-state index contributed by atoms with van der Waals surface area (Å²) in [4.78, 5) is 23.4. The number of carbonyl (C=O) groups is 2. The van der Waals surface area contributed by atoms with E-state index in [4.69, 9.17) is 21.4 Å². The zero-order valence-electron chi connectivity index (χ0n) is 13.5. The molecule has 3 atom stereocenters. The van der Waals surface area contributed by atoms with E-state index in [0.29, 0.717) is 5.02 Å². The maximum absolute atomic E-state index is 12.2. The minimum atomic E-state index is -1.86. The fourth-order valence-electron chi connectivity index (χ4n) is 2.14. The van der Waals surface area contributed by atoms with Crippen LogP contribution in [0.5, 0.6) is 5.75 Å². The number of halogens is 1. The second-order valence-electron chi connectivity index (χ2n) is 5.91. The molecular formula is C16H21ClO6. The molecule has 0 aliphatic carbocycles. The lowest BCUT2D eigenvalue weighted by Crippen LogP contribution is -2.48. The van der Waals surface area contributed by atoms with Crippen LogP contribution in [0.1, 0.15) is 25.0 Å². The van der Waals surface area contributed by atoms with Gasteiger partial charge in [-0.3, -0.25) is 9.59 Å². The van der Waals surface area contributed by atoms with E-state index in [0.717, 1.165) is 11.1 Å². The Morgan fingerprint density at radius 1 is 1.30 bits per heavy atom. The Balaban J connectivity index is 2.95. The van der Waals surface area contributed by atoms with Crippen LogP contribution in [0.4, 0.5) is 0 Å². The van der Waals surface area contributed by atoms with Crippen LogP contribution in [0, 0.1) is 25.2 Å². The highest BCUT2D eigenvalue weighted by atomic mass is 35.5. The van der Waals surface area contributed by atoms with Crippen LogP contribution in [-0.4, -0.2) is 40.0 Å². The van der Waals surface area contributed by atoms with Crippen LogP contribution in [0.3, 0.4) is 0 Å². The normalized spacial score (nSPS) is 16.3. The van der Waals surface area contributed by atoms with Gasteiger partial charge in [0.15, 0.2) is 0 Å². The van der Waals surface area contributed by atoms with Crippen LogP contribution in [0.2, 0.25) is 5.02 Å². The molecule has 0 radical (unpaired) electrons. The Morgan fingerprint density at radius 2 is 1.78 bits per heavy atom. The van der Waals surface area contributed by atoms with E-state index in [9.17, 15) is 19.8 Å². The molecule has 1 aromatic rings. The molecule has 0 saturated carbocycles. The molecule has 128 valence electrons. The summed E-state index contributed by atoms with van der Waals surface area (Å²) in [6.07, 6.45) is -1.60. The SMILES string of the molecule is Cc1cc(OC(=O)[C@H](C)[C@@H](O)[C@@](C)(CO)C(=O)O)cc(C)c1Cl. The number of carbonyl (C=O) groups excluding carboxylic acids is 1. The molecule has 1 aromatic carbocycles. The number of aliphatic hydroxyl groups is 2. The van der Waals surface area contributed by atoms with E-state index >= 15 is 0 Å². The molecule has 0 unspecified atom stereocenters. The molecule has 0 spiro atoms. The highest BCUT2D eigenvalue weighted by Crippen LogP contribution is 2.29. The van der Waals surface area contributed by atoms with Crippen molar-refractivity contribution in [3.05, 3.63) is 28.3 Å². The summed E-state index contributed by atoms with van der Waals surface area (Å²) in [5.41, 5.74) is -0.397. The third-order valence-electron chi connectivity index (χ3n) is 3.94. The minimum absolute atomic E-state index is 0.259. The Bertz CT molecular complexity index is 592. The second kappa shape index (κ2) is 7.29. The van der Waals surface area contributed by atoms with Crippen LogP contribution in [0.15, 0.2) is 12.1 Å². The summed E-state index contributed by atoms with van der Waals surface area (Å²) < 4.78 is 5.20. The van der Waals surface area contributed by atoms with Crippen LogP contribution < -0.4 is 4.74 Å². The van der Waals surface area contributed by atoms with Gasteiger partial charge in [-0.15, -0.1) is 0 Å². The van der Waals surface area contributed by atoms with Gasteiger partial charge in [0, 0.05) is 5.02 Å². The molecule has 0 aliphatic rings. The van der Waals surface area contributed by atoms with Gasteiger partial charge in [0.2, 0.25) is 0 Å². The van der Waals surface area contributed by atoms with Crippen molar-refractivity contribution in [1.29, 1.82) is 0 Å². The molecule has 7 heteroatoms. The van der Waals surface area contributed by atoms with Crippen LogP contribution in [-0.2, 0) is 9.59 Å². The smallest absolute Gasteiger partial charge is 0.316 e. The predicted octanol–water partition coefficient (Wildman–Crippen LogP) is 1.94. The van der Waals surface area contributed by atoms with Crippen molar-refractivity contribution in [2.24, 2.45) is 11.3 Å². The predicted molar refractivity (Wildman–Crippen MR) is 84.6 cm³/mol. The Hall–Kier alpha value is -1.63. The van der Waals surface area contributed by atoms with Crippen molar-refractivity contribution in [2.75, 3.05) is 6.61 Å². The molecule has 1 rings (SSSR count). The van der Waals surface area contributed by atoms with Gasteiger partial charge in [-0.2, -0.15) is 0 Å². The first-order valence-electron chi connectivity index (χ1n) is 7.05. The second-order valence-corrected chi connectivity index (χ2v) is 6.28. The van der Waals surface area contributed by atoms with Gasteiger partial charge >= 0.3 is 11.9 Å². The molecule has 0 fully saturated rings. The van der Waals surface area contributed by atoms with Crippen molar-refractivity contribution in [3.63, 3.8) is 0 Å². The standard InChI is InChI=1S/C16H21ClO6/c1-8-5-11(6-9(2)12(8)17)23-14(20)10(3)13(19)16(4,7-18)15(21)22/h5-6,10,13,18-19H,7H2,1-4H3,(H,21,22)/t10-,13-,16-/m1/s1. The number of aliphatic carboxylic acids is 1. The molecule has 0 aliphatic heterocycles. The van der Waals surface area contributed by atoms with Gasteiger partial charge in [0.05, 0.1) is 18.6 Å². The molecule has 0 bridgehead atoms. The highest BCUT2D eigenvalue weighted by molar-refractivity contribution is 6.32. The van der Waals surface area contributed by atoms with Crippen molar-refractivity contribution >= 4 is 23.5 Å². The molecule has 23 heavy (non-hydrogen) atoms. The van der Waals surface area contributed by atoms with E-state index in [2.05, 4.69) is 0 Å². The number of benzene rings is 1. The lowest BCUT2D eigenvalue weighted by molar-refractivity contribution is -0.165. The van der Waals surface area contributed by atoms with Crippen LogP contribution >= 0.6 is 11.6 Å². The van der Waals surface area contributed by atoms with Crippen LogP contribution in [0.25, 0.3) is 0 Å². The van der Waals surface area contributed by atoms with Crippen molar-refractivity contribution < 1.29 is 29.6 Å². The highest BCUT2D eigenvalue weighted by Gasteiger charge is 2.45. The van der Waals surface area contributed by atoms with Gasteiger partial charge < -0.3 is 20.1 Å². The fourth-order valence-corrected chi connectivity index (χ4v) is 2.25. The minimum Gasteiger partial charge on any atom is -0.481 e. The summed E-state index contributed by atoms with van der Waals surface area (Å²) in [7, 11) is 0. The zero-order valence-corrected chi connectivity index (χ0v) is 14.2. The van der Waals surface area contributed by atoms with Crippen molar-refractivity contribution in [1.82, 2.24) is 0 Å². The maximum Gasteiger partial charge on any atom is 0.316 e. The maximum atomic E-state index is 12.2. The van der Waals surface area contributed by atoms with E-state index in [-0.39, 0.29) is 5.75 Å². The number of aliphatic hydroxyl groups excluding tert-OH is 2. The Labute approximate surface area is 139 Å². The number of esters is 1. The third-order valence-corrected chi connectivity index (χ3v) is 4.54. The largest absolute Gasteiger partial charge is 0.481 e. The van der Waals surface area contributed by atoms with Gasteiger partial charge in [0.1, 0.15) is 11.2 Å². The number of hydrogen-bond acceptors (Lipinski definition) is 5. The van der Waals surface area contributed by atoms with E-state index in [1.54, 1.807) is 26.0 Å². The zero-order chi connectivity index (χ0) is 17.9. The van der Waals surface area contributed by atoms with Gasteiger partial charge in [-0.05, 0) is 51.0 Å². The number of ether oxygens (including phenoxy) is 1. The summed E-state index contributed by atoms with van der Waals surface area (Å²) in [5, 5.41) is 29.1. The number of carboxylic acids is 1. The molecule has 3 N–H and O–H groups in total. The van der Waals surface area contributed by atoms with E-state index in [1.807, 2.05) is 0 Å². The number of rotatable bonds is 6. The first kappa shape index (κ1) is 19.4. The quantitative estimate of drug-likeness (QED) is 0.538. The number of carboxylic acid groups (broad SMARTS) is 1.